The first kappa shape index (κ1) is 10.0. The topological polar surface area (TPSA) is 26.0 Å². The molecule has 0 heterocycles. The summed E-state index contributed by atoms with van der Waals surface area (Å²) in [6.45, 7) is 5.77. The smallest absolute Gasteiger partial charge is 0.0114 e. The van der Waals surface area contributed by atoms with Gasteiger partial charge in [-0.15, -0.1) is 6.58 Å². The maximum atomic E-state index is 5.88. The normalized spacial score (nSPS) is 12.5. The molecule has 0 saturated heterocycles. The summed E-state index contributed by atoms with van der Waals surface area (Å²) < 4.78 is 0. The van der Waals surface area contributed by atoms with Crippen LogP contribution in [0.4, 0.5) is 0 Å². The quantitative estimate of drug-likeness (QED) is 0.699. The lowest BCUT2D eigenvalue weighted by Crippen LogP contribution is -2.21. The van der Waals surface area contributed by atoms with E-state index in [4.69, 9.17) is 5.73 Å². The fraction of sp³-hybridized carbons (Fsp3) is 0.333. The maximum absolute atomic E-state index is 5.88. The summed E-state index contributed by atoms with van der Waals surface area (Å²) in [5.41, 5.74) is 8.48. The zero-order valence-electron chi connectivity index (χ0n) is 8.16. The van der Waals surface area contributed by atoms with E-state index in [1.165, 1.54) is 11.1 Å². The Labute approximate surface area is 80.3 Å². The van der Waals surface area contributed by atoms with Gasteiger partial charge >= 0.3 is 0 Å². The molecule has 0 aliphatic heterocycles. The van der Waals surface area contributed by atoms with Crippen LogP contribution in [-0.4, -0.2) is 6.04 Å². The Morgan fingerprint density at radius 1 is 1.38 bits per heavy atom. The van der Waals surface area contributed by atoms with Crippen LogP contribution in [0.15, 0.2) is 36.9 Å². The van der Waals surface area contributed by atoms with Crippen molar-refractivity contribution in [3.63, 3.8) is 0 Å². The highest BCUT2D eigenvalue weighted by Gasteiger charge is 2.00. The second-order valence-electron chi connectivity index (χ2n) is 3.47. The van der Waals surface area contributed by atoms with Gasteiger partial charge in [0.2, 0.25) is 0 Å². The molecule has 0 aliphatic carbocycles. The minimum absolute atomic E-state index is 0.209. The zero-order valence-corrected chi connectivity index (χ0v) is 8.16. The molecule has 0 bridgehead atoms. The van der Waals surface area contributed by atoms with Gasteiger partial charge in [0.25, 0.3) is 0 Å². The summed E-state index contributed by atoms with van der Waals surface area (Å²) in [5, 5.41) is 0. The molecule has 70 valence electrons. The average Bonchev–Trinajstić information content (AvgIpc) is 2.09. The monoisotopic (exact) mass is 175 g/mol. The van der Waals surface area contributed by atoms with Gasteiger partial charge < -0.3 is 5.73 Å². The summed E-state index contributed by atoms with van der Waals surface area (Å²) in [7, 11) is 0. The summed E-state index contributed by atoms with van der Waals surface area (Å²) in [5.74, 6) is 0. The lowest BCUT2D eigenvalue weighted by molar-refractivity contribution is 0.679. The second kappa shape index (κ2) is 4.83. The zero-order chi connectivity index (χ0) is 9.68. The molecule has 1 aromatic rings. The summed E-state index contributed by atoms with van der Waals surface area (Å²) in [4.78, 5) is 0. The lowest BCUT2D eigenvalue weighted by Gasteiger charge is -2.08. The number of aryl methyl sites for hydroxylation is 1. The predicted octanol–water partition coefficient (Wildman–Crippen LogP) is 2.44. The largest absolute Gasteiger partial charge is 0.327 e. The Balaban J connectivity index is 2.53. The highest BCUT2D eigenvalue weighted by Crippen LogP contribution is 2.06. The third kappa shape index (κ3) is 3.43. The molecule has 0 aromatic heterocycles. The molecular formula is C12H17N. The molecule has 1 heteroatoms. The van der Waals surface area contributed by atoms with Gasteiger partial charge in [0.15, 0.2) is 0 Å². The van der Waals surface area contributed by atoms with Gasteiger partial charge in [-0.25, -0.2) is 0 Å². The summed E-state index contributed by atoms with van der Waals surface area (Å²) in [6, 6.07) is 8.72. The molecular weight excluding hydrogens is 158 g/mol. The molecule has 0 radical (unpaired) electrons. The number of benzene rings is 1. The SMILES string of the molecule is C=CCC(N)Cc1ccc(C)cc1. The third-order valence-corrected chi connectivity index (χ3v) is 2.09. The summed E-state index contributed by atoms with van der Waals surface area (Å²) >= 11 is 0. The van der Waals surface area contributed by atoms with Gasteiger partial charge in [0, 0.05) is 6.04 Å². The van der Waals surface area contributed by atoms with E-state index >= 15 is 0 Å². The van der Waals surface area contributed by atoms with E-state index in [2.05, 4.69) is 37.8 Å². The first-order valence-electron chi connectivity index (χ1n) is 4.64. The van der Waals surface area contributed by atoms with E-state index < -0.39 is 0 Å². The Bertz CT molecular complexity index is 261. The van der Waals surface area contributed by atoms with Crippen molar-refractivity contribution in [3.05, 3.63) is 48.0 Å². The van der Waals surface area contributed by atoms with Crippen LogP contribution in [0.1, 0.15) is 17.5 Å². The molecule has 1 nitrogen and oxygen atoms in total. The first-order valence-corrected chi connectivity index (χ1v) is 4.64. The highest BCUT2D eigenvalue weighted by molar-refractivity contribution is 5.22. The highest BCUT2D eigenvalue weighted by atomic mass is 14.6. The van der Waals surface area contributed by atoms with Crippen molar-refractivity contribution in [2.75, 3.05) is 0 Å². The predicted molar refractivity (Wildman–Crippen MR) is 57.7 cm³/mol. The molecule has 1 atom stereocenters. The molecule has 1 rings (SSSR count). The van der Waals surface area contributed by atoms with Gasteiger partial charge in [0.1, 0.15) is 0 Å². The maximum Gasteiger partial charge on any atom is 0.0114 e. The number of hydrogen-bond donors (Lipinski definition) is 1. The first-order chi connectivity index (χ1) is 6.22. The van der Waals surface area contributed by atoms with Crippen molar-refractivity contribution in [1.82, 2.24) is 0 Å². The van der Waals surface area contributed by atoms with E-state index in [1.807, 2.05) is 6.08 Å². The second-order valence-corrected chi connectivity index (χ2v) is 3.47. The Morgan fingerprint density at radius 2 is 2.00 bits per heavy atom. The van der Waals surface area contributed by atoms with Gasteiger partial charge in [0.05, 0.1) is 0 Å². The van der Waals surface area contributed by atoms with Crippen LogP contribution in [0, 0.1) is 6.92 Å². The van der Waals surface area contributed by atoms with Crippen molar-refractivity contribution in [1.29, 1.82) is 0 Å². The standard InChI is InChI=1S/C12H17N/c1-3-4-12(13)9-11-7-5-10(2)6-8-11/h3,5-8,12H,1,4,9,13H2,2H3. The average molecular weight is 175 g/mol. The molecule has 0 aliphatic rings. The Hall–Kier alpha value is -1.08. The van der Waals surface area contributed by atoms with E-state index in [-0.39, 0.29) is 6.04 Å². The molecule has 0 amide bonds. The van der Waals surface area contributed by atoms with Gasteiger partial charge in [-0.1, -0.05) is 35.9 Å². The van der Waals surface area contributed by atoms with Crippen LogP contribution < -0.4 is 5.73 Å². The van der Waals surface area contributed by atoms with Crippen LogP contribution in [0.2, 0.25) is 0 Å². The third-order valence-electron chi connectivity index (χ3n) is 2.09. The van der Waals surface area contributed by atoms with Crippen molar-refractivity contribution >= 4 is 0 Å². The molecule has 0 spiro atoms. The summed E-state index contributed by atoms with van der Waals surface area (Å²) in [6.07, 6.45) is 3.69. The van der Waals surface area contributed by atoms with E-state index in [0.29, 0.717) is 0 Å². The van der Waals surface area contributed by atoms with Crippen molar-refractivity contribution in [2.45, 2.75) is 25.8 Å². The lowest BCUT2D eigenvalue weighted by atomic mass is 10.0. The Morgan fingerprint density at radius 3 is 2.54 bits per heavy atom. The molecule has 1 unspecified atom stereocenters. The van der Waals surface area contributed by atoms with Crippen molar-refractivity contribution in [2.24, 2.45) is 5.73 Å². The van der Waals surface area contributed by atoms with Crippen LogP contribution in [0.5, 0.6) is 0 Å². The van der Waals surface area contributed by atoms with E-state index in [0.717, 1.165) is 12.8 Å². The van der Waals surface area contributed by atoms with Gasteiger partial charge in [-0.05, 0) is 25.3 Å². The fourth-order valence-electron chi connectivity index (χ4n) is 1.32. The Kier molecular flexibility index (Phi) is 3.71. The fourth-order valence-corrected chi connectivity index (χ4v) is 1.32. The molecule has 2 N–H and O–H groups in total. The molecule has 13 heavy (non-hydrogen) atoms. The number of hydrogen-bond acceptors (Lipinski definition) is 1. The van der Waals surface area contributed by atoms with Gasteiger partial charge in [-0.3, -0.25) is 0 Å². The van der Waals surface area contributed by atoms with E-state index in [9.17, 15) is 0 Å². The molecule has 0 saturated carbocycles. The van der Waals surface area contributed by atoms with Crippen LogP contribution in [-0.2, 0) is 6.42 Å². The van der Waals surface area contributed by atoms with Crippen LogP contribution in [0.3, 0.4) is 0 Å². The number of nitrogens with two attached hydrogens (primary N) is 1. The van der Waals surface area contributed by atoms with Crippen LogP contribution >= 0.6 is 0 Å². The molecule has 0 fully saturated rings. The molecule has 1 aromatic carbocycles. The number of rotatable bonds is 4. The van der Waals surface area contributed by atoms with Crippen molar-refractivity contribution < 1.29 is 0 Å². The minimum atomic E-state index is 0.209. The minimum Gasteiger partial charge on any atom is -0.327 e. The van der Waals surface area contributed by atoms with Crippen molar-refractivity contribution in [3.8, 4) is 0 Å². The van der Waals surface area contributed by atoms with Gasteiger partial charge in [-0.2, -0.15) is 0 Å². The van der Waals surface area contributed by atoms with Crippen LogP contribution in [0.25, 0.3) is 0 Å². The van der Waals surface area contributed by atoms with E-state index in [1.54, 1.807) is 0 Å².